The summed E-state index contributed by atoms with van der Waals surface area (Å²) in [6.07, 6.45) is 0.383. The molecule has 0 amide bonds. The minimum absolute atomic E-state index is 0.100. The Bertz CT molecular complexity index is 323. The van der Waals surface area contributed by atoms with Gasteiger partial charge in [-0.3, -0.25) is 4.79 Å². The number of rotatable bonds is 3. The van der Waals surface area contributed by atoms with E-state index < -0.39 is 5.60 Å². The topological polar surface area (TPSA) is 35.5 Å². The van der Waals surface area contributed by atoms with Crippen LogP contribution in [0.1, 0.15) is 54.9 Å². The van der Waals surface area contributed by atoms with Crippen LogP contribution in [-0.4, -0.2) is 30.2 Å². The molecule has 0 bridgehead atoms. The van der Waals surface area contributed by atoms with Crippen LogP contribution in [0.15, 0.2) is 0 Å². The third kappa shape index (κ3) is 3.12. The Kier molecular flexibility index (Phi) is 4.00. The third-order valence-corrected chi connectivity index (χ3v) is 3.70. The van der Waals surface area contributed by atoms with Crippen LogP contribution >= 0.6 is 0 Å². The van der Waals surface area contributed by atoms with Gasteiger partial charge in [-0.25, -0.2) is 0 Å². The molecular formula is C15H28O3. The lowest BCUT2D eigenvalue weighted by Gasteiger charge is -2.33. The maximum absolute atomic E-state index is 12.7. The molecule has 1 rings (SSSR count). The van der Waals surface area contributed by atoms with E-state index in [0.717, 1.165) is 6.42 Å². The number of hydrogen-bond donors (Lipinski definition) is 0. The van der Waals surface area contributed by atoms with Crippen LogP contribution in [0.5, 0.6) is 0 Å². The fourth-order valence-corrected chi connectivity index (χ4v) is 3.08. The van der Waals surface area contributed by atoms with Gasteiger partial charge in [0.15, 0.2) is 5.78 Å². The minimum atomic E-state index is -0.414. The lowest BCUT2D eigenvalue weighted by Crippen LogP contribution is -2.45. The zero-order valence-electron chi connectivity index (χ0n) is 13.1. The van der Waals surface area contributed by atoms with Crippen LogP contribution < -0.4 is 0 Å². The average molecular weight is 256 g/mol. The van der Waals surface area contributed by atoms with Gasteiger partial charge < -0.3 is 9.47 Å². The summed E-state index contributed by atoms with van der Waals surface area (Å²) in [5.41, 5.74) is -0.836. The summed E-state index contributed by atoms with van der Waals surface area (Å²) in [4.78, 5) is 12.7. The lowest BCUT2D eigenvalue weighted by atomic mass is 9.76. The predicted octanol–water partition coefficient (Wildman–Crippen LogP) is 3.21. The first kappa shape index (κ1) is 15.6. The Morgan fingerprint density at radius 1 is 1.28 bits per heavy atom. The minimum Gasteiger partial charge on any atom is -0.373 e. The molecule has 2 unspecified atom stereocenters. The molecule has 0 radical (unpaired) electrons. The molecule has 0 aromatic rings. The maximum atomic E-state index is 12.7. The second kappa shape index (κ2) is 4.61. The van der Waals surface area contributed by atoms with Crippen molar-refractivity contribution in [1.82, 2.24) is 0 Å². The molecule has 0 spiro atoms. The van der Waals surface area contributed by atoms with E-state index in [-0.39, 0.29) is 28.8 Å². The second-order valence-electron chi connectivity index (χ2n) is 7.61. The largest absolute Gasteiger partial charge is 0.373 e. The average Bonchev–Trinajstić information content (AvgIpc) is 2.32. The molecule has 18 heavy (non-hydrogen) atoms. The van der Waals surface area contributed by atoms with E-state index in [1.54, 1.807) is 7.11 Å². The number of Topliss-reactive ketones (excluding diaryl/α,β-unsaturated/α-hetero) is 1. The molecule has 1 heterocycles. The number of ether oxygens (including phenoxy) is 2. The Morgan fingerprint density at radius 2 is 1.78 bits per heavy atom. The van der Waals surface area contributed by atoms with E-state index in [1.165, 1.54) is 0 Å². The molecule has 0 aromatic carbocycles. The zero-order valence-corrected chi connectivity index (χ0v) is 13.1. The molecule has 1 saturated heterocycles. The van der Waals surface area contributed by atoms with E-state index in [1.807, 2.05) is 48.5 Å². The maximum Gasteiger partial charge on any atom is 0.168 e. The molecule has 2 atom stereocenters. The molecule has 0 aliphatic carbocycles. The van der Waals surface area contributed by atoms with Crippen molar-refractivity contribution in [2.75, 3.05) is 7.11 Å². The van der Waals surface area contributed by atoms with Gasteiger partial charge in [0.1, 0.15) is 6.10 Å². The normalized spacial score (nSPS) is 28.1. The smallest absolute Gasteiger partial charge is 0.168 e. The van der Waals surface area contributed by atoms with Gasteiger partial charge in [0.25, 0.3) is 0 Å². The van der Waals surface area contributed by atoms with Crippen molar-refractivity contribution < 1.29 is 14.3 Å². The molecule has 1 fully saturated rings. The molecule has 0 aromatic heterocycles. The molecule has 1 aliphatic rings. The molecule has 3 nitrogen and oxygen atoms in total. The number of carbonyl (C=O) groups excluding carboxylic acids is 1. The summed E-state index contributed by atoms with van der Waals surface area (Å²) < 4.78 is 11.4. The number of hydrogen-bond acceptors (Lipinski definition) is 3. The quantitative estimate of drug-likeness (QED) is 0.778. The summed E-state index contributed by atoms with van der Waals surface area (Å²) in [5, 5.41) is 0. The number of ketones is 1. The van der Waals surface area contributed by atoms with E-state index >= 15 is 0 Å². The molecule has 1 aliphatic heterocycles. The highest BCUT2D eigenvalue weighted by atomic mass is 16.5. The van der Waals surface area contributed by atoms with Gasteiger partial charge in [-0.2, -0.15) is 0 Å². The van der Waals surface area contributed by atoms with Crippen LogP contribution in [0.3, 0.4) is 0 Å². The second-order valence-corrected chi connectivity index (χ2v) is 7.61. The van der Waals surface area contributed by atoms with Crippen molar-refractivity contribution in [3.63, 3.8) is 0 Å². The van der Waals surface area contributed by atoms with Crippen molar-refractivity contribution in [2.45, 2.75) is 72.2 Å². The van der Waals surface area contributed by atoms with E-state index in [2.05, 4.69) is 0 Å². The third-order valence-electron chi connectivity index (χ3n) is 3.70. The highest BCUT2D eigenvalue weighted by molar-refractivity contribution is 5.87. The van der Waals surface area contributed by atoms with E-state index in [4.69, 9.17) is 9.47 Å². The summed E-state index contributed by atoms with van der Waals surface area (Å²) in [5.74, 6) is 0.0669. The van der Waals surface area contributed by atoms with Gasteiger partial charge >= 0.3 is 0 Å². The Labute approximate surface area is 111 Å². The van der Waals surface area contributed by atoms with Gasteiger partial charge in [0, 0.05) is 7.11 Å². The number of carbonyl (C=O) groups is 1. The molecule has 0 saturated carbocycles. The SMILES string of the molecule is COC(C(=O)C1CC(C)(C)OC1(C)C)C(C)(C)C. The summed E-state index contributed by atoms with van der Waals surface area (Å²) in [6, 6.07) is 0. The van der Waals surface area contributed by atoms with Crippen LogP contribution in [0, 0.1) is 11.3 Å². The highest BCUT2D eigenvalue weighted by Crippen LogP contribution is 2.44. The van der Waals surface area contributed by atoms with Crippen molar-refractivity contribution in [1.29, 1.82) is 0 Å². The molecule has 106 valence electrons. The van der Waals surface area contributed by atoms with E-state index in [9.17, 15) is 4.79 Å². The monoisotopic (exact) mass is 256 g/mol. The first-order valence-corrected chi connectivity index (χ1v) is 6.67. The fraction of sp³-hybridized carbons (Fsp3) is 0.933. The Balaban J connectivity index is 2.97. The Hall–Kier alpha value is -0.410. The van der Waals surface area contributed by atoms with Crippen molar-refractivity contribution in [2.24, 2.45) is 11.3 Å². The first-order chi connectivity index (χ1) is 7.91. The Morgan fingerprint density at radius 3 is 2.06 bits per heavy atom. The van der Waals surface area contributed by atoms with Crippen LogP contribution in [0.25, 0.3) is 0 Å². The number of methoxy groups -OCH3 is 1. The predicted molar refractivity (Wildman–Crippen MR) is 72.6 cm³/mol. The fourth-order valence-electron chi connectivity index (χ4n) is 3.08. The lowest BCUT2D eigenvalue weighted by molar-refractivity contribution is -0.145. The van der Waals surface area contributed by atoms with Crippen LogP contribution in [0.4, 0.5) is 0 Å². The van der Waals surface area contributed by atoms with Gasteiger partial charge in [-0.1, -0.05) is 20.8 Å². The summed E-state index contributed by atoms with van der Waals surface area (Å²) in [6.45, 7) is 14.2. The van der Waals surface area contributed by atoms with Crippen LogP contribution in [0.2, 0.25) is 0 Å². The van der Waals surface area contributed by atoms with Gasteiger partial charge in [0.05, 0.1) is 17.1 Å². The van der Waals surface area contributed by atoms with Gasteiger partial charge in [-0.05, 0) is 39.5 Å². The molecule has 0 N–H and O–H groups in total. The summed E-state index contributed by atoms with van der Waals surface area (Å²) in [7, 11) is 1.61. The zero-order chi connectivity index (χ0) is 14.4. The van der Waals surface area contributed by atoms with Gasteiger partial charge in [0.2, 0.25) is 0 Å². The first-order valence-electron chi connectivity index (χ1n) is 6.67. The highest BCUT2D eigenvalue weighted by Gasteiger charge is 2.51. The van der Waals surface area contributed by atoms with Crippen molar-refractivity contribution in [3.8, 4) is 0 Å². The molecular weight excluding hydrogens is 228 g/mol. The van der Waals surface area contributed by atoms with E-state index in [0.29, 0.717) is 0 Å². The van der Waals surface area contributed by atoms with Gasteiger partial charge in [-0.15, -0.1) is 0 Å². The summed E-state index contributed by atoms with van der Waals surface area (Å²) >= 11 is 0. The standard InChI is InChI=1S/C15H28O3/c1-13(2,3)12(17-8)11(16)10-9-14(4,5)18-15(10,6)7/h10,12H,9H2,1-8H3. The van der Waals surface area contributed by atoms with Crippen molar-refractivity contribution in [3.05, 3.63) is 0 Å². The molecule has 3 heteroatoms. The van der Waals surface area contributed by atoms with Crippen LogP contribution in [-0.2, 0) is 14.3 Å². The van der Waals surface area contributed by atoms with Crippen molar-refractivity contribution >= 4 is 5.78 Å².